The molecule has 0 aliphatic carbocycles. The molecule has 5 aromatic carbocycles. The van der Waals surface area contributed by atoms with Crippen molar-refractivity contribution in [3.05, 3.63) is 151 Å². The molecule has 4 heteroatoms. The molecule has 41 heavy (non-hydrogen) atoms. The van der Waals surface area contributed by atoms with Gasteiger partial charge in [-0.05, 0) is 73.2 Å². The molecule has 0 fully saturated rings. The van der Waals surface area contributed by atoms with Crippen molar-refractivity contribution in [2.75, 3.05) is 0 Å². The minimum Gasteiger partial charge on any atom is -0.423 e. The average Bonchev–Trinajstić information content (AvgIpc) is 2.98. The van der Waals surface area contributed by atoms with Crippen molar-refractivity contribution in [3.63, 3.8) is 0 Å². The molecule has 0 amide bonds. The topological polar surface area (TPSA) is 55.8 Å². The van der Waals surface area contributed by atoms with Gasteiger partial charge in [-0.25, -0.2) is 4.79 Å². The van der Waals surface area contributed by atoms with Gasteiger partial charge in [0.2, 0.25) is 0 Å². The third kappa shape index (κ3) is 8.41. The van der Waals surface area contributed by atoms with Gasteiger partial charge in [-0.3, -0.25) is 0 Å². The standard InChI is InChI=1S/C22H20O3.C15H16O/c1-22(2,25-21(23)24-20-11-7-4-8-12-20)19-15-13-18(14-16-19)17-9-5-3-6-10-17;1-15(2,16)14-10-8-13(9-11-14)12-6-4-3-5-7-12/h3-16H,1-2H3;3-11,16H,1-2H3. The van der Waals surface area contributed by atoms with E-state index in [1.165, 1.54) is 11.1 Å². The minimum atomic E-state index is -0.791. The molecule has 0 heterocycles. The molecule has 0 spiro atoms. The quantitative estimate of drug-likeness (QED) is 0.171. The van der Waals surface area contributed by atoms with Gasteiger partial charge in [-0.15, -0.1) is 0 Å². The Morgan fingerprint density at radius 2 is 0.878 bits per heavy atom. The first-order valence-electron chi connectivity index (χ1n) is 13.6. The molecule has 5 aromatic rings. The third-order valence-corrected chi connectivity index (χ3v) is 6.67. The zero-order valence-corrected chi connectivity index (χ0v) is 24.0. The summed E-state index contributed by atoms with van der Waals surface area (Å²) in [6.45, 7) is 7.28. The number of hydrogen-bond donors (Lipinski definition) is 1. The lowest BCUT2D eigenvalue weighted by molar-refractivity contribution is 0.00637. The maximum atomic E-state index is 12.0. The van der Waals surface area contributed by atoms with Crippen molar-refractivity contribution in [1.29, 1.82) is 0 Å². The van der Waals surface area contributed by atoms with E-state index in [9.17, 15) is 9.90 Å². The number of carbonyl (C=O) groups is 1. The second kappa shape index (κ2) is 13.1. The molecule has 0 radical (unpaired) electrons. The maximum Gasteiger partial charge on any atom is 0.514 e. The Morgan fingerprint density at radius 1 is 0.512 bits per heavy atom. The van der Waals surface area contributed by atoms with Gasteiger partial charge in [0.05, 0.1) is 5.60 Å². The van der Waals surface area contributed by atoms with Crippen molar-refractivity contribution < 1.29 is 19.4 Å². The summed E-state index contributed by atoms with van der Waals surface area (Å²) in [5.41, 5.74) is 4.92. The van der Waals surface area contributed by atoms with Crippen LogP contribution < -0.4 is 4.74 Å². The van der Waals surface area contributed by atoms with Gasteiger partial charge >= 0.3 is 6.16 Å². The number of carbonyl (C=O) groups excluding carboxylic acids is 1. The molecule has 0 saturated carbocycles. The van der Waals surface area contributed by atoms with Crippen LogP contribution in [0.4, 0.5) is 4.79 Å². The fourth-order valence-electron chi connectivity index (χ4n) is 4.27. The van der Waals surface area contributed by atoms with E-state index >= 15 is 0 Å². The lowest BCUT2D eigenvalue weighted by Gasteiger charge is -2.25. The Bertz CT molecular complexity index is 1500. The Balaban J connectivity index is 0.000000208. The highest BCUT2D eigenvalue weighted by Gasteiger charge is 2.26. The average molecular weight is 545 g/mol. The molecule has 0 bridgehead atoms. The van der Waals surface area contributed by atoms with Crippen molar-refractivity contribution in [3.8, 4) is 28.0 Å². The summed E-state index contributed by atoms with van der Waals surface area (Å²) in [5, 5.41) is 9.85. The van der Waals surface area contributed by atoms with E-state index in [2.05, 4.69) is 24.3 Å². The zero-order chi connectivity index (χ0) is 29.3. The van der Waals surface area contributed by atoms with E-state index in [4.69, 9.17) is 9.47 Å². The van der Waals surface area contributed by atoms with Gasteiger partial charge < -0.3 is 14.6 Å². The first kappa shape index (κ1) is 29.3. The normalized spacial score (nSPS) is 11.1. The van der Waals surface area contributed by atoms with Gasteiger partial charge in [-0.1, -0.05) is 127 Å². The van der Waals surface area contributed by atoms with Crippen LogP contribution in [0, 0.1) is 0 Å². The summed E-state index contributed by atoms with van der Waals surface area (Å²) >= 11 is 0. The fourth-order valence-corrected chi connectivity index (χ4v) is 4.27. The third-order valence-electron chi connectivity index (χ3n) is 6.67. The number of aliphatic hydroxyl groups is 1. The summed E-state index contributed by atoms with van der Waals surface area (Å²) in [7, 11) is 0. The van der Waals surface area contributed by atoms with E-state index in [-0.39, 0.29) is 0 Å². The molecule has 0 aliphatic heterocycles. The van der Waals surface area contributed by atoms with E-state index in [0.717, 1.165) is 22.3 Å². The molecule has 208 valence electrons. The van der Waals surface area contributed by atoms with Crippen LogP contribution in [0.2, 0.25) is 0 Å². The SMILES string of the molecule is CC(C)(O)c1ccc(-c2ccccc2)cc1.CC(C)(OC(=O)Oc1ccccc1)c1ccc(-c2ccccc2)cc1. The van der Waals surface area contributed by atoms with Gasteiger partial charge in [0, 0.05) is 0 Å². The fraction of sp³-hybridized carbons (Fsp3) is 0.162. The maximum absolute atomic E-state index is 12.0. The van der Waals surface area contributed by atoms with Gasteiger partial charge in [0.15, 0.2) is 0 Å². The molecule has 1 N–H and O–H groups in total. The van der Waals surface area contributed by atoms with E-state index in [1.54, 1.807) is 38.1 Å². The van der Waals surface area contributed by atoms with E-state index in [0.29, 0.717) is 5.75 Å². The molecule has 0 atom stereocenters. The summed E-state index contributed by atoms with van der Waals surface area (Å²) in [5.74, 6) is 0.461. The Morgan fingerprint density at radius 3 is 1.29 bits per heavy atom. The molecular formula is C37H36O4. The highest BCUT2D eigenvalue weighted by atomic mass is 16.7. The van der Waals surface area contributed by atoms with Crippen LogP contribution in [-0.2, 0) is 15.9 Å². The van der Waals surface area contributed by atoms with Crippen LogP contribution in [0.5, 0.6) is 5.75 Å². The van der Waals surface area contributed by atoms with Gasteiger partial charge in [-0.2, -0.15) is 0 Å². The summed E-state index contributed by atoms with van der Waals surface area (Å²) < 4.78 is 10.7. The molecular weight excluding hydrogens is 508 g/mol. The molecule has 0 aromatic heterocycles. The lowest BCUT2D eigenvalue weighted by Crippen LogP contribution is -2.27. The minimum absolute atomic E-state index is 0.461. The van der Waals surface area contributed by atoms with Gasteiger partial charge in [0.1, 0.15) is 11.4 Å². The number of rotatable bonds is 6. The monoisotopic (exact) mass is 544 g/mol. The van der Waals surface area contributed by atoms with Crippen molar-refractivity contribution in [2.24, 2.45) is 0 Å². The summed E-state index contributed by atoms with van der Waals surface area (Å²) in [6, 6.07) is 45.3. The molecule has 0 aliphatic rings. The number of ether oxygens (including phenoxy) is 2. The first-order valence-corrected chi connectivity index (χ1v) is 13.6. The molecule has 0 unspecified atom stereocenters. The van der Waals surface area contributed by atoms with E-state index in [1.807, 2.05) is 105 Å². The van der Waals surface area contributed by atoms with Crippen molar-refractivity contribution >= 4 is 6.16 Å². The molecule has 5 rings (SSSR count). The summed E-state index contributed by atoms with van der Waals surface area (Å²) in [4.78, 5) is 12.0. The van der Waals surface area contributed by atoms with Crippen LogP contribution in [0.15, 0.2) is 140 Å². The Labute approximate surface area is 242 Å². The summed E-state index contributed by atoms with van der Waals surface area (Å²) in [6.07, 6.45) is -0.719. The predicted molar refractivity (Wildman–Crippen MR) is 166 cm³/mol. The first-order chi connectivity index (χ1) is 19.6. The lowest BCUT2D eigenvalue weighted by atomic mass is 9.95. The van der Waals surface area contributed by atoms with Gasteiger partial charge in [0.25, 0.3) is 0 Å². The number of hydrogen-bond acceptors (Lipinski definition) is 4. The van der Waals surface area contributed by atoms with Crippen LogP contribution >= 0.6 is 0 Å². The van der Waals surface area contributed by atoms with E-state index < -0.39 is 17.4 Å². The van der Waals surface area contributed by atoms with Crippen LogP contribution in [-0.4, -0.2) is 11.3 Å². The van der Waals surface area contributed by atoms with Crippen LogP contribution in [0.25, 0.3) is 22.3 Å². The number of benzene rings is 5. The zero-order valence-electron chi connectivity index (χ0n) is 24.0. The van der Waals surface area contributed by atoms with Crippen LogP contribution in [0.1, 0.15) is 38.8 Å². The van der Waals surface area contributed by atoms with Crippen molar-refractivity contribution in [2.45, 2.75) is 38.9 Å². The highest BCUT2D eigenvalue weighted by molar-refractivity contribution is 5.66. The highest BCUT2D eigenvalue weighted by Crippen LogP contribution is 2.29. The largest absolute Gasteiger partial charge is 0.514 e. The smallest absolute Gasteiger partial charge is 0.423 e. The second-order valence-electron chi connectivity index (χ2n) is 10.7. The Kier molecular flexibility index (Phi) is 9.38. The number of para-hydroxylation sites is 1. The molecule has 0 saturated heterocycles. The molecule has 4 nitrogen and oxygen atoms in total. The van der Waals surface area contributed by atoms with Crippen molar-refractivity contribution in [1.82, 2.24) is 0 Å². The Hall–Kier alpha value is -4.67. The second-order valence-corrected chi connectivity index (χ2v) is 10.7. The predicted octanol–water partition coefficient (Wildman–Crippen LogP) is 9.39. The van der Waals surface area contributed by atoms with Crippen LogP contribution in [0.3, 0.4) is 0 Å².